The van der Waals surface area contributed by atoms with Gasteiger partial charge in [-0.25, -0.2) is 0 Å². The van der Waals surface area contributed by atoms with Gasteiger partial charge in [-0.3, -0.25) is 9.20 Å². The predicted octanol–water partition coefficient (Wildman–Crippen LogP) is 3.75. The molecular formula is C20H21N5OS. The van der Waals surface area contributed by atoms with Crippen LogP contribution < -0.4 is 5.32 Å². The number of rotatable bonds is 5. The van der Waals surface area contributed by atoms with Gasteiger partial charge in [0.2, 0.25) is 0 Å². The van der Waals surface area contributed by atoms with E-state index in [4.69, 9.17) is 0 Å². The Kier molecular flexibility index (Phi) is 4.53. The van der Waals surface area contributed by atoms with Crippen LogP contribution in [-0.4, -0.2) is 25.1 Å². The van der Waals surface area contributed by atoms with Crippen LogP contribution in [0.25, 0.3) is 5.65 Å². The summed E-state index contributed by atoms with van der Waals surface area (Å²) in [6, 6.07) is 11.6. The molecule has 0 bridgehead atoms. The molecule has 4 aromatic heterocycles. The van der Waals surface area contributed by atoms with E-state index in [2.05, 4.69) is 31.5 Å². The highest BCUT2D eigenvalue weighted by atomic mass is 32.1. The van der Waals surface area contributed by atoms with Gasteiger partial charge in [0.25, 0.3) is 5.91 Å². The fourth-order valence-corrected chi connectivity index (χ4v) is 4.02. The molecule has 0 aliphatic carbocycles. The minimum atomic E-state index is -0.254. The maximum atomic E-state index is 12.9. The summed E-state index contributed by atoms with van der Waals surface area (Å²) < 4.78 is 4.07. The first-order valence-corrected chi connectivity index (χ1v) is 9.72. The van der Waals surface area contributed by atoms with Crippen LogP contribution in [0, 0.1) is 13.8 Å². The summed E-state index contributed by atoms with van der Waals surface area (Å²) in [7, 11) is 0. The zero-order chi connectivity index (χ0) is 19.0. The lowest BCUT2D eigenvalue weighted by Gasteiger charge is -2.13. The maximum Gasteiger partial charge on any atom is 0.253 e. The lowest BCUT2D eigenvalue weighted by molar-refractivity contribution is 0.0937. The average Bonchev–Trinajstić information content (AvgIpc) is 3.37. The molecule has 4 rings (SSSR count). The van der Waals surface area contributed by atoms with Crippen molar-refractivity contribution >= 4 is 22.9 Å². The van der Waals surface area contributed by atoms with Crippen molar-refractivity contribution in [3.63, 3.8) is 0 Å². The molecule has 0 spiro atoms. The summed E-state index contributed by atoms with van der Waals surface area (Å²) in [5.41, 5.74) is 3.51. The summed E-state index contributed by atoms with van der Waals surface area (Å²) in [6.45, 7) is 6.73. The van der Waals surface area contributed by atoms with E-state index in [9.17, 15) is 4.79 Å². The molecule has 0 aliphatic rings. The Morgan fingerprint density at radius 1 is 1.22 bits per heavy atom. The number of nitrogens with one attached hydrogen (secondary N) is 1. The van der Waals surface area contributed by atoms with E-state index in [1.807, 2.05) is 61.7 Å². The number of hydrogen-bond donors (Lipinski definition) is 1. The SMILES string of the molecule is Cc1cc(C(=O)NC(C)c2nnc3ccccn23)c(C)n1Cc1cccs1. The molecule has 0 radical (unpaired) electrons. The largest absolute Gasteiger partial charge is 0.343 e. The van der Waals surface area contributed by atoms with Crippen molar-refractivity contribution in [2.75, 3.05) is 0 Å². The van der Waals surface area contributed by atoms with E-state index in [0.717, 1.165) is 23.6 Å². The number of aromatic nitrogens is 4. The van der Waals surface area contributed by atoms with Crippen molar-refractivity contribution in [3.8, 4) is 0 Å². The van der Waals surface area contributed by atoms with Crippen molar-refractivity contribution < 1.29 is 4.79 Å². The highest BCUT2D eigenvalue weighted by Crippen LogP contribution is 2.20. The monoisotopic (exact) mass is 379 g/mol. The van der Waals surface area contributed by atoms with Gasteiger partial charge >= 0.3 is 0 Å². The first kappa shape index (κ1) is 17.5. The highest BCUT2D eigenvalue weighted by Gasteiger charge is 2.20. The van der Waals surface area contributed by atoms with E-state index in [1.165, 1.54) is 4.88 Å². The molecule has 27 heavy (non-hydrogen) atoms. The van der Waals surface area contributed by atoms with Crippen molar-refractivity contribution in [2.24, 2.45) is 0 Å². The summed E-state index contributed by atoms with van der Waals surface area (Å²) >= 11 is 1.72. The fourth-order valence-electron chi connectivity index (χ4n) is 3.33. The van der Waals surface area contributed by atoms with E-state index in [1.54, 1.807) is 11.3 Å². The minimum Gasteiger partial charge on any atom is -0.343 e. The Hall–Kier alpha value is -2.93. The van der Waals surface area contributed by atoms with Crippen LogP contribution in [0.4, 0.5) is 0 Å². The number of carbonyl (C=O) groups excluding carboxylic acids is 1. The Morgan fingerprint density at radius 2 is 2.07 bits per heavy atom. The number of hydrogen-bond acceptors (Lipinski definition) is 4. The Bertz CT molecular complexity index is 1090. The molecule has 1 N–H and O–H groups in total. The third-order valence-electron chi connectivity index (χ3n) is 4.79. The molecule has 138 valence electrons. The van der Waals surface area contributed by atoms with E-state index in [0.29, 0.717) is 11.4 Å². The molecule has 7 heteroatoms. The summed E-state index contributed by atoms with van der Waals surface area (Å²) in [5.74, 6) is 0.618. The molecule has 1 amide bonds. The van der Waals surface area contributed by atoms with Gasteiger partial charge in [-0.1, -0.05) is 12.1 Å². The van der Waals surface area contributed by atoms with Gasteiger partial charge in [0, 0.05) is 22.5 Å². The maximum absolute atomic E-state index is 12.9. The van der Waals surface area contributed by atoms with Gasteiger partial charge in [-0.05, 0) is 50.4 Å². The number of pyridine rings is 1. The quantitative estimate of drug-likeness (QED) is 0.574. The van der Waals surface area contributed by atoms with Gasteiger partial charge in [0.1, 0.15) is 0 Å². The van der Waals surface area contributed by atoms with Crippen LogP contribution in [0.15, 0.2) is 48.0 Å². The molecule has 1 atom stereocenters. The first-order valence-electron chi connectivity index (χ1n) is 8.84. The number of nitrogens with zero attached hydrogens (tertiary/aromatic N) is 4. The van der Waals surface area contributed by atoms with E-state index >= 15 is 0 Å². The lowest BCUT2D eigenvalue weighted by atomic mass is 10.2. The summed E-state index contributed by atoms with van der Waals surface area (Å²) in [6.07, 6.45) is 1.90. The first-order chi connectivity index (χ1) is 13.0. The van der Waals surface area contributed by atoms with Crippen LogP contribution in [0.2, 0.25) is 0 Å². The molecule has 0 saturated heterocycles. The predicted molar refractivity (Wildman–Crippen MR) is 106 cm³/mol. The normalized spacial score (nSPS) is 12.4. The Morgan fingerprint density at radius 3 is 2.85 bits per heavy atom. The van der Waals surface area contributed by atoms with Crippen LogP contribution in [0.1, 0.15) is 45.4 Å². The average molecular weight is 379 g/mol. The Balaban J connectivity index is 1.56. The molecule has 4 aromatic rings. The summed E-state index contributed by atoms with van der Waals surface area (Å²) in [5, 5.41) is 13.5. The third kappa shape index (κ3) is 3.26. The van der Waals surface area contributed by atoms with Crippen LogP contribution in [0.3, 0.4) is 0 Å². The zero-order valence-corrected chi connectivity index (χ0v) is 16.3. The molecule has 0 fully saturated rings. The molecule has 6 nitrogen and oxygen atoms in total. The van der Waals surface area contributed by atoms with Gasteiger partial charge < -0.3 is 9.88 Å². The standard InChI is InChI=1S/C20H21N5OS/c1-13-11-17(15(3)25(13)12-16-7-6-10-27-16)20(26)21-14(2)19-23-22-18-8-4-5-9-24(18)19/h4-11,14H,12H2,1-3H3,(H,21,26). The number of amides is 1. The molecule has 0 aliphatic heterocycles. The Labute approximate surface area is 161 Å². The third-order valence-corrected chi connectivity index (χ3v) is 5.65. The van der Waals surface area contributed by atoms with Gasteiger partial charge in [-0.15, -0.1) is 21.5 Å². The second-order valence-electron chi connectivity index (χ2n) is 6.63. The molecule has 1 unspecified atom stereocenters. The lowest BCUT2D eigenvalue weighted by Crippen LogP contribution is -2.28. The van der Waals surface area contributed by atoms with E-state index < -0.39 is 0 Å². The van der Waals surface area contributed by atoms with Gasteiger partial charge in [0.05, 0.1) is 18.2 Å². The molecule has 0 aromatic carbocycles. The number of fused-ring (bicyclic) bond motifs is 1. The van der Waals surface area contributed by atoms with Gasteiger partial charge in [0.15, 0.2) is 11.5 Å². The summed E-state index contributed by atoms with van der Waals surface area (Å²) in [4.78, 5) is 14.2. The van der Waals surface area contributed by atoms with Crippen molar-refractivity contribution in [2.45, 2.75) is 33.4 Å². The van der Waals surface area contributed by atoms with Crippen molar-refractivity contribution in [3.05, 3.63) is 75.6 Å². The fraction of sp³-hybridized carbons (Fsp3) is 0.250. The second-order valence-corrected chi connectivity index (χ2v) is 7.66. The second kappa shape index (κ2) is 7.00. The van der Waals surface area contributed by atoms with Crippen LogP contribution >= 0.6 is 11.3 Å². The highest BCUT2D eigenvalue weighted by molar-refractivity contribution is 7.09. The van der Waals surface area contributed by atoms with Crippen LogP contribution in [0.5, 0.6) is 0 Å². The van der Waals surface area contributed by atoms with E-state index in [-0.39, 0.29) is 11.9 Å². The van der Waals surface area contributed by atoms with Crippen molar-refractivity contribution in [1.82, 2.24) is 24.5 Å². The molecular weight excluding hydrogens is 358 g/mol. The molecule has 4 heterocycles. The topological polar surface area (TPSA) is 64.2 Å². The number of carbonyl (C=O) groups is 1. The van der Waals surface area contributed by atoms with Gasteiger partial charge in [-0.2, -0.15) is 0 Å². The minimum absolute atomic E-state index is 0.0966. The molecule has 0 saturated carbocycles. The smallest absolute Gasteiger partial charge is 0.253 e. The van der Waals surface area contributed by atoms with Crippen molar-refractivity contribution in [1.29, 1.82) is 0 Å². The number of thiophene rings is 1. The number of aryl methyl sites for hydroxylation is 1. The zero-order valence-electron chi connectivity index (χ0n) is 15.5. The van der Waals surface area contributed by atoms with Crippen LogP contribution in [-0.2, 0) is 6.54 Å².